The van der Waals surface area contributed by atoms with Crippen LogP contribution in [0.15, 0.2) is 0 Å². The molecule has 5 amide bonds. The maximum absolute atomic E-state index is 13.4. The minimum absolute atomic E-state index is 0.00136. The van der Waals surface area contributed by atoms with E-state index in [1.54, 1.807) is 7.11 Å². The van der Waals surface area contributed by atoms with Gasteiger partial charge in [0, 0.05) is 91.8 Å². The highest BCUT2D eigenvalue weighted by Crippen LogP contribution is 2.15. The van der Waals surface area contributed by atoms with Crippen LogP contribution in [-0.2, 0) is 99.9 Å². The zero-order chi connectivity index (χ0) is 54.2. The Hall–Kier alpha value is -4.32. The lowest BCUT2D eigenvalue weighted by molar-refractivity contribution is -0.157. The van der Waals surface area contributed by atoms with E-state index in [4.69, 9.17) is 61.6 Å². The van der Waals surface area contributed by atoms with Gasteiger partial charge in [-0.25, -0.2) is 0 Å². The molecule has 0 aromatic carbocycles. The molecule has 0 aromatic heterocycles. The molecule has 26 heteroatoms. The van der Waals surface area contributed by atoms with Gasteiger partial charge in [0.05, 0.1) is 145 Å². The number of ketones is 2. The lowest BCUT2D eigenvalue weighted by Crippen LogP contribution is -2.59. The van der Waals surface area contributed by atoms with Crippen molar-refractivity contribution in [3.8, 4) is 0 Å². The molecule has 0 spiro atoms. The first-order valence-corrected chi connectivity index (χ1v) is 25.4. The van der Waals surface area contributed by atoms with Gasteiger partial charge in [0.1, 0.15) is 5.54 Å². The Bertz CT molecular complexity index is 1530. The lowest BCUT2D eigenvalue weighted by Gasteiger charge is -2.34. The molecule has 0 bridgehead atoms. The fourth-order valence-electron chi connectivity index (χ4n) is 6.23. The van der Waals surface area contributed by atoms with E-state index < -0.39 is 35.1 Å². The standard InChI is InChI=1S/C48H85N5O21/c1-4-63-26-27-65-22-15-51-43(58)11-19-72-37-48(36-71-18-10-41(56)49-2,38-73-20-12-44(59)52-16-23-67-29-32-68-25-24-62-3)53-45(60)13-17-64-28-31-69-34-35-70-33-30-66-21-14-50-42(57)6-5-7-46(61)74-47-39(54)8-9-40(47)55/h47H,4-38H2,1-3H3,(H,49,56)(H,50,57)(H,51,58)(H,52,59)(H,53,60). The number of methoxy groups -OCH3 is 1. The van der Waals surface area contributed by atoms with E-state index >= 15 is 0 Å². The van der Waals surface area contributed by atoms with E-state index in [0.29, 0.717) is 79.2 Å². The van der Waals surface area contributed by atoms with Gasteiger partial charge >= 0.3 is 5.97 Å². The maximum Gasteiger partial charge on any atom is 0.306 e. The molecule has 74 heavy (non-hydrogen) atoms. The van der Waals surface area contributed by atoms with Gasteiger partial charge in [-0.05, 0) is 13.3 Å². The molecule has 0 aromatic rings. The fraction of sp³-hybridized carbons (Fsp3) is 0.833. The predicted molar refractivity (Wildman–Crippen MR) is 262 cm³/mol. The molecule has 5 N–H and O–H groups in total. The average Bonchev–Trinajstić information content (AvgIpc) is 3.70. The third kappa shape index (κ3) is 39.1. The van der Waals surface area contributed by atoms with Crippen molar-refractivity contribution < 1.29 is 99.9 Å². The SMILES string of the molecule is CCOCCOCCNC(=O)CCOCC(COCCC(=O)NC)(COCCC(=O)NCCOCCOCCOC)NC(=O)CCOCCOCCOCCOCCNC(=O)CCCC(=O)OC1C(=O)CCC1=O. The summed E-state index contributed by atoms with van der Waals surface area (Å²) < 4.78 is 71.2. The Labute approximate surface area is 434 Å². The van der Waals surface area contributed by atoms with Crippen molar-refractivity contribution in [1.29, 1.82) is 0 Å². The molecule has 1 fully saturated rings. The number of carbonyl (C=O) groups excluding carboxylic acids is 8. The molecule has 0 heterocycles. The Balaban J connectivity index is 2.48. The number of nitrogens with one attached hydrogen (secondary N) is 5. The van der Waals surface area contributed by atoms with Gasteiger partial charge in [-0.3, -0.25) is 38.4 Å². The quantitative estimate of drug-likeness (QED) is 0.0259. The second kappa shape index (κ2) is 47.2. The molecule has 428 valence electrons. The van der Waals surface area contributed by atoms with Gasteiger partial charge in [0.15, 0.2) is 11.6 Å². The van der Waals surface area contributed by atoms with E-state index in [-0.39, 0.29) is 174 Å². The number of hydrogen-bond acceptors (Lipinski definition) is 21. The van der Waals surface area contributed by atoms with Crippen LogP contribution in [0.5, 0.6) is 0 Å². The summed E-state index contributed by atoms with van der Waals surface area (Å²) in [6.45, 7) is 8.15. The van der Waals surface area contributed by atoms with Gasteiger partial charge in [0.2, 0.25) is 35.6 Å². The molecule has 1 aliphatic rings. The van der Waals surface area contributed by atoms with E-state index in [1.807, 2.05) is 6.92 Å². The van der Waals surface area contributed by atoms with E-state index in [0.717, 1.165) is 0 Å². The summed E-state index contributed by atoms with van der Waals surface area (Å²) >= 11 is 0. The van der Waals surface area contributed by atoms with Gasteiger partial charge in [-0.1, -0.05) is 0 Å². The number of Topliss-reactive ketones (excluding diaryl/α,β-unsaturated/α-hetero) is 2. The second-order valence-corrected chi connectivity index (χ2v) is 16.3. The summed E-state index contributed by atoms with van der Waals surface area (Å²) in [6.07, 6.45) is -0.876. The van der Waals surface area contributed by atoms with Crippen LogP contribution in [0, 0.1) is 0 Å². The molecule has 26 nitrogen and oxygen atoms in total. The number of rotatable bonds is 52. The zero-order valence-electron chi connectivity index (χ0n) is 43.9. The molecule has 1 saturated carbocycles. The second-order valence-electron chi connectivity index (χ2n) is 16.3. The van der Waals surface area contributed by atoms with E-state index in [2.05, 4.69) is 26.6 Å². The molecule has 0 aliphatic heterocycles. The Morgan fingerprint density at radius 3 is 1.24 bits per heavy atom. The minimum Gasteiger partial charge on any atom is -0.446 e. The predicted octanol–water partition coefficient (Wildman–Crippen LogP) is -1.64. The first kappa shape index (κ1) is 67.7. The third-order valence-electron chi connectivity index (χ3n) is 10.2. The average molecular weight is 1070 g/mol. The molecule has 0 saturated heterocycles. The third-order valence-corrected chi connectivity index (χ3v) is 10.2. The van der Waals surface area contributed by atoms with E-state index in [1.165, 1.54) is 7.05 Å². The minimum atomic E-state index is -1.31. The highest BCUT2D eigenvalue weighted by atomic mass is 16.6. The highest BCUT2D eigenvalue weighted by molar-refractivity contribution is 6.12. The van der Waals surface area contributed by atoms with Gasteiger partial charge in [0.25, 0.3) is 0 Å². The molecular formula is C48H85N5O21. The first-order chi connectivity index (χ1) is 35.9. The van der Waals surface area contributed by atoms with Crippen molar-refractivity contribution in [2.75, 3.05) is 186 Å². The van der Waals surface area contributed by atoms with Crippen LogP contribution < -0.4 is 26.6 Å². The van der Waals surface area contributed by atoms with Crippen LogP contribution in [-0.4, -0.2) is 244 Å². The summed E-state index contributed by atoms with van der Waals surface area (Å²) in [5.41, 5.74) is -1.28. The number of ether oxygens (including phenoxy) is 13. The van der Waals surface area contributed by atoms with Crippen molar-refractivity contribution >= 4 is 47.1 Å². The van der Waals surface area contributed by atoms with Crippen LogP contribution >= 0.6 is 0 Å². The number of hydrogen-bond donors (Lipinski definition) is 5. The number of esters is 1. The summed E-state index contributed by atoms with van der Waals surface area (Å²) in [5, 5.41) is 13.7. The van der Waals surface area contributed by atoms with Gasteiger partial charge in [-0.2, -0.15) is 0 Å². The molecule has 0 radical (unpaired) electrons. The normalized spacial score (nSPS) is 13.4. The van der Waals surface area contributed by atoms with Crippen LogP contribution in [0.3, 0.4) is 0 Å². The van der Waals surface area contributed by atoms with Crippen LogP contribution in [0.2, 0.25) is 0 Å². The Morgan fingerprint density at radius 1 is 0.446 bits per heavy atom. The maximum atomic E-state index is 13.4. The molecule has 1 rings (SSSR count). The van der Waals surface area contributed by atoms with Crippen LogP contribution in [0.25, 0.3) is 0 Å². The van der Waals surface area contributed by atoms with Gasteiger partial charge < -0.3 is 88.2 Å². The van der Waals surface area contributed by atoms with Crippen molar-refractivity contribution in [2.24, 2.45) is 0 Å². The molecular weight excluding hydrogens is 983 g/mol. The summed E-state index contributed by atoms with van der Waals surface area (Å²) in [6, 6.07) is 0. The van der Waals surface area contributed by atoms with E-state index in [9.17, 15) is 38.4 Å². The lowest BCUT2D eigenvalue weighted by atomic mass is 10.0. The van der Waals surface area contributed by atoms with Gasteiger partial charge in [-0.15, -0.1) is 0 Å². The summed E-state index contributed by atoms with van der Waals surface area (Å²) in [7, 11) is 3.10. The van der Waals surface area contributed by atoms with Crippen LogP contribution in [0.4, 0.5) is 0 Å². The van der Waals surface area contributed by atoms with Crippen LogP contribution in [0.1, 0.15) is 64.7 Å². The topological polar surface area (TPSA) is 317 Å². The zero-order valence-corrected chi connectivity index (χ0v) is 43.9. The smallest absolute Gasteiger partial charge is 0.306 e. The number of carbonyl (C=O) groups is 8. The van der Waals surface area contributed by atoms with Crippen molar-refractivity contribution in [2.45, 2.75) is 76.4 Å². The number of amides is 5. The van der Waals surface area contributed by atoms with Crippen molar-refractivity contribution in [3.63, 3.8) is 0 Å². The summed E-state index contributed by atoms with van der Waals surface area (Å²) in [4.78, 5) is 97.4. The first-order valence-electron chi connectivity index (χ1n) is 25.4. The Kier molecular flexibility index (Phi) is 43.1. The Morgan fingerprint density at radius 2 is 0.811 bits per heavy atom. The van der Waals surface area contributed by atoms with Crippen molar-refractivity contribution in [3.05, 3.63) is 0 Å². The van der Waals surface area contributed by atoms with Crippen molar-refractivity contribution in [1.82, 2.24) is 26.6 Å². The highest BCUT2D eigenvalue weighted by Gasteiger charge is 2.36. The summed E-state index contributed by atoms with van der Waals surface area (Å²) in [5.74, 6) is -2.93. The molecule has 1 aliphatic carbocycles. The monoisotopic (exact) mass is 1070 g/mol. The largest absolute Gasteiger partial charge is 0.446 e. The fourth-order valence-corrected chi connectivity index (χ4v) is 6.23. The molecule has 1 atom stereocenters. The molecule has 1 unspecified atom stereocenters.